The predicted octanol–water partition coefficient (Wildman–Crippen LogP) is 3.35. The summed E-state index contributed by atoms with van der Waals surface area (Å²) < 4.78 is 3.59. The Morgan fingerprint density at radius 1 is 1.32 bits per heavy atom. The Hall–Kier alpha value is -2.80. The topological polar surface area (TPSA) is 68.0 Å². The van der Waals surface area contributed by atoms with Crippen LogP contribution in [-0.4, -0.2) is 38.1 Å². The molecule has 3 aromatic rings. The summed E-state index contributed by atoms with van der Waals surface area (Å²) in [5.74, 6) is 0.879. The SMILES string of the molecule is CCc1c(NC2CCN(c3cc(C)nn3C)C2=O)cnn1-c1ccccc1Cl. The Morgan fingerprint density at radius 3 is 2.79 bits per heavy atom. The van der Waals surface area contributed by atoms with Crippen LogP contribution in [0.1, 0.15) is 24.7 Å². The van der Waals surface area contributed by atoms with Gasteiger partial charge in [0.15, 0.2) is 0 Å². The van der Waals surface area contributed by atoms with Gasteiger partial charge >= 0.3 is 0 Å². The molecule has 0 spiro atoms. The molecule has 8 heteroatoms. The lowest BCUT2D eigenvalue weighted by Gasteiger charge is -2.17. The molecule has 1 fully saturated rings. The maximum Gasteiger partial charge on any atom is 0.250 e. The summed E-state index contributed by atoms with van der Waals surface area (Å²) in [5.41, 5.74) is 3.59. The summed E-state index contributed by atoms with van der Waals surface area (Å²) in [7, 11) is 1.86. The molecule has 1 atom stereocenters. The molecule has 0 bridgehead atoms. The van der Waals surface area contributed by atoms with Gasteiger partial charge in [0.2, 0.25) is 0 Å². The van der Waals surface area contributed by atoms with Gasteiger partial charge in [0.05, 0.1) is 34.0 Å². The molecule has 2 aromatic heterocycles. The van der Waals surface area contributed by atoms with E-state index in [0.29, 0.717) is 11.6 Å². The van der Waals surface area contributed by atoms with E-state index in [0.717, 1.165) is 41.4 Å². The van der Waals surface area contributed by atoms with Gasteiger partial charge in [-0.2, -0.15) is 10.2 Å². The Bertz CT molecular complexity index is 1020. The van der Waals surface area contributed by atoms with E-state index in [4.69, 9.17) is 11.6 Å². The van der Waals surface area contributed by atoms with E-state index in [2.05, 4.69) is 22.4 Å². The van der Waals surface area contributed by atoms with E-state index in [1.165, 1.54) is 0 Å². The van der Waals surface area contributed by atoms with Crippen molar-refractivity contribution in [3.63, 3.8) is 0 Å². The molecule has 1 aromatic carbocycles. The van der Waals surface area contributed by atoms with E-state index < -0.39 is 0 Å². The fraction of sp³-hybridized carbons (Fsp3) is 0.350. The molecule has 28 heavy (non-hydrogen) atoms. The van der Waals surface area contributed by atoms with Gasteiger partial charge in [-0.25, -0.2) is 4.68 Å². The number of aryl methyl sites for hydroxylation is 2. The second kappa shape index (κ2) is 7.31. The van der Waals surface area contributed by atoms with Gasteiger partial charge in [0.25, 0.3) is 5.91 Å². The van der Waals surface area contributed by atoms with Crippen LogP contribution in [0.5, 0.6) is 0 Å². The first-order valence-corrected chi connectivity index (χ1v) is 9.77. The van der Waals surface area contributed by atoms with E-state index in [-0.39, 0.29) is 11.9 Å². The average molecular weight is 399 g/mol. The summed E-state index contributed by atoms with van der Waals surface area (Å²) in [5, 5.41) is 12.9. The molecule has 1 amide bonds. The maximum absolute atomic E-state index is 13.0. The van der Waals surface area contributed by atoms with Crippen molar-refractivity contribution in [1.82, 2.24) is 19.6 Å². The molecule has 1 saturated heterocycles. The van der Waals surface area contributed by atoms with E-state index >= 15 is 0 Å². The van der Waals surface area contributed by atoms with Gasteiger partial charge in [0, 0.05) is 19.7 Å². The number of para-hydroxylation sites is 1. The summed E-state index contributed by atoms with van der Waals surface area (Å²) in [4.78, 5) is 14.8. The first-order valence-electron chi connectivity index (χ1n) is 9.40. The number of halogens is 1. The van der Waals surface area contributed by atoms with E-state index in [9.17, 15) is 4.79 Å². The van der Waals surface area contributed by atoms with Crippen molar-refractivity contribution < 1.29 is 4.79 Å². The second-order valence-corrected chi connectivity index (χ2v) is 7.37. The van der Waals surface area contributed by atoms with Crippen molar-refractivity contribution in [2.45, 2.75) is 32.7 Å². The quantitative estimate of drug-likeness (QED) is 0.715. The number of rotatable bonds is 5. The Labute approximate surface area is 168 Å². The van der Waals surface area contributed by atoms with Crippen LogP contribution in [0.3, 0.4) is 0 Å². The molecule has 146 valence electrons. The lowest BCUT2D eigenvalue weighted by molar-refractivity contribution is -0.117. The molecule has 0 aliphatic carbocycles. The normalized spacial score (nSPS) is 16.8. The third kappa shape index (κ3) is 3.16. The molecule has 3 heterocycles. The van der Waals surface area contributed by atoms with Gasteiger partial charge in [-0.1, -0.05) is 30.7 Å². The van der Waals surface area contributed by atoms with Crippen molar-refractivity contribution in [3.8, 4) is 5.69 Å². The molecule has 4 rings (SSSR count). The number of hydrogen-bond acceptors (Lipinski definition) is 4. The minimum atomic E-state index is -0.288. The maximum atomic E-state index is 13.0. The van der Waals surface area contributed by atoms with Crippen molar-refractivity contribution >= 4 is 29.0 Å². The summed E-state index contributed by atoms with van der Waals surface area (Å²) in [6.07, 6.45) is 3.26. The number of amides is 1. The predicted molar refractivity (Wildman–Crippen MR) is 110 cm³/mol. The number of benzene rings is 1. The lowest BCUT2D eigenvalue weighted by Crippen LogP contribution is -2.34. The Morgan fingerprint density at radius 2 is 2.11 bits per heavy atom. The molecule has 1 aliphatic rings. The second-order valence-electron chi connectivity index (χ2n) is 6.96. The molecular weight excluding hydrogens is 376 g/mol. The largest absolute Gasteiger partial charge is 0.371 e. The van der Waals surface area contributed by atoms with Crippen LogP contribution < -0.4 is 10.2 Å². The molecule has 1 aliphatic heterocycles. The highest BCUT2D eigenvalue weighted by Crippen LogP contribution is 2.28. The third-order valence-electron chi connectivity index (χ3n) is 5.07. The fourth-order valence-electron chi connectivity index (χ4n) is 3.74. The fourth-order valence-corrected chi connectivity index (χ4v) is 3.96. The zero-order chi connectivity index (χ0) is 19.8. The molecule has 0 saturated carbocycles. The first-order chi connectivity index (χ1) is 13.5. The van der Waals surface area contributed by atoms with Crippen LogP contribution in [0.4, 0.5) is 11.5 Å². The third-order valence-corrected chi connectivity index (χ3v) is 5.39. The van der Waals surface area contributed by atoms with Crippen molar-refractivity contribution in [2.75, 3.05) is 16.8 Å². The van der Waals surface area contributed by atoms with Crippen LogP contribution in [0, 0.1) is 6.92 Å². The number of carbonyl (C=O) groups excluding carboxylic acids is 1. The highest BCUT2D eigenvalue weighted by Gasteiger charge is 2.34. The van der Waals surface area contributed by atoms with Crippen LogP contribution in [0.15, 0.2) is 36.5 Å². The molecule has 1 N–H and O–H groups in total. The number of aromatic nitrogens is 4. The molecule has 0 radical (unpaired) electrons. The summed E-state index contributed by atoms with van der Waals surface area (Å²) in [6.45, 7) is 4.66. The number of nitrogens with zero attached hydrogens (tertiary/aromatic N) is 5. The van der Waals surface area contributed by atoms with Crippen LogP contribution in [0.2, 0.25) is 5.02 Å². The van der Waals surface area contributed by atoms with Crippen molar-refractivity contribution in [1.29, 1.82) is 0 Å². The van der Waals surface area contributed by atoms with Gasteiger partial charge < -0.3 is 5.32 Å². The van der Waals surface area contributed by atoms with E-state index in [1.807, 2.05) is 49.0 Å². The van der Waals surface area contributed by atoms with E-state index in [1.54, 1.807) is 15.8 Å². The van der Waals surface area contributed by atoms with Crippen LogP contribution in [0.25, 0.3) is 5.69 Å². The molecule has 7 nitrogen and oxygen atoms in total. The number of carbonyl (C=O) groups is 1. The van der Waals surface area contributed by atoms with Crippen LogP contribution in [-0.2, 0) is 18.3 Å². The Kier molecular flexibility index (Phi) is 4.85. The monoisotopic (exact) mass is 398 g/mol. The molecular formula is C20H23ClN6O. The number of nitrogens with one attached hydrogen (secondary N) is 1. The zero-order valence-electron chi connectivity index (χ0n) is 16.2. The van der Waals surface area contributed by atoms with Gasteiger partial charge in [0.1, 0.15) is 11.9 Å². The summed E-state index contributed by atoms with van der Waals surface area (Å²) in [6, 6.07) is 9.26. The number of hydrogen-bond donors (Lipinski definition) is 1. The first kappa shape index (κ1) is 18.6. The van der Waals surface area contributed by atoms with Gasteiger partial charge in [-0.05, 0) is 31.9 Å². The minimum absolute atomic E-state index is 0.0514. The highest BCUT2D eigenvalue weighted by atomic mass is 35.5. The highest BCUT2D eigenvalue weighted by molar-refractivity contribution is 6.32. The van der Waals surface area contributed by atoms with Crippen molar-refractivity contribution in [3.05, 3.63) is 52.9 Å². The smallest absolute Gasteiger partial charge is 0.250 e. The Balaban J connectivity index is 1.58. The standard InChI is InChI=1S/C20H23ClN6O/c1-4-17-16(12-22-27(17)18-8-6-5-7-14(18)21)23-15-9-10-26(20(15)28)19-11-13(2)24-25(19)3/h5-8,11-12,15,23H,4,9-10H2,1-3H3. The molecule has 1 unspecified atom stereocenters. The summed E-state index contributed by atoms with van der Waals surface area (Å²) >= 11 is 6.34. The van der Waals surface area contributed by atoms with Crippen LogP contribution >= 0.6 is 11.6 Å². The van der Waals surface area contributed by atoms with Crippen molar-refractivity contribution in [2.24, 2.45) is 7.05 Å². The van der Waals surface area contributed by atoms with Gasteiger partial charge in [-0.15, -0.1) is 0 Å². The zero-order valence-corrected chi connectivity index (χ0v) is 16.9. The minimum Gasteiger partial charge on any atom is -0.371 e. The lowest BCUT2D eigenvalue weighted by atomic mass is 10.2. The number of anilines is 2. The van der Waals surface area contributed by atoms with Gasteiger partial charge in [-0.3, -0.25) is 14.4 Å². The average Bonchev–Trinajstić information content (AvgIpc) is 3.33.